The Labute approximate surface area is 225 Å². The third kappa shape index (κ3) is 6.11. The first kappa shape index (κ1) is 26.4. The SMILES string of the molecule is Cc1cc(-c2nc(Nc3cnn(C4CCNCC4)c3)ncc2F)ccc1CNC(=O)c1nc(C(C)(C)C)no1. The minimum atomic E-state index is -0.530. The maximum Gasteiger partial charge on any atom is 0.315 e. The van der Waals surface area contributed by atoms with E-state index in [0.29, 0.717) is 17.4 Å². The number of carbonyl (C=O) groups excluding carboxylic acids is 1. The van der Waals surface area contributed by atoms with Crippen LogP contribution < -0.4 is 16.0 Å². The molecule has 5 rings (SSSR count). The molecule has 39 heavy (non-hydrogen) atoms. The van der Waals surface area contributed by atoms with Gasteiger partial charge >= 0.3 is 11.8 Å². The van der Waals surface area contributed by atoms with E-state index < -0.39 is 11.7 Å². The highest BCUT2D eigenvalue weighted by Gasteiger charge is 2.24. The highest BCUT2D eigenvalue weighted by atomic mass is 19.1. The molecule has 4 heterocycles. The van der Waals surface area contributed by atoms with Crippen molar-refractivity contribution in [3.8, 4) is 11.3 Å². The standard InChI is InChI=1S/C27H32FN9O2/c1-16-11-17(5-6-18(16)12-30-23(38)24-35-25(36-39-24)27(2,3)4)22-21(28)14-31-26(34-22)33-19-13-32-37(15-19)20-7-9-29-10-8-20/h5-6,11,13-15,20,29H,7-10,12H2,1-4H3,(H,30,38)(H,31,33,34). The Balaban J connectivity index is 1.26. The van der Waals surface area contributed by atoms with Crippen LogP contribution in [-0.4, -0.2) is 48.9 Å². The van der Waals surface area contributed by atoms with Crippen LogP contribution in [0.4, 0.5) is 16.0 Å². The van der Waals surface area contributed by atoms with Crippen molar-refractivity contribution in [1.29, 1.82) is 0 Å². The summed E-state index contributed by atoms with van der Waals surface area (Å²) in [6, 6.07) is 5.78. The average Bonchev–Trinajstić information content (AvgIpc) is 3.60. The molecule has 0 aliphatic carbocycles. The summed E-state index contributed by atoms with van der Waals surface area (Å²) >= 11 is 0. The molecule has 0 spiro atoms. The first-order chi connectivity index (χ1) is 18.7. The maximum atomic E-state index is 14.7. The summed E-state index contributed by atoms with van der Waals surface area (Å²) < 4.78 is 21.8. The molecule has 1 saturated heterocycles. The molecule has 1 aliphatic heterocycles. The molecule has 11 nitrogen and oxygen atoms in total. The van der Waals surface area contributed by atoms with Crippen LogP contribution in [0.3, 0.4) is 0 Å². The van der Waals surface area contributed by atoms with Crippen LogP contribution in [0.1, 0.15) is 67.3 Å². The summed E-state index contributed by atoms with van der Waals surface area (Å²) in [7, 11) is 0. The summed E-state index contributed by atoms with van der Waals surface area (Å²) in [5, 5.41) is 17.6. The first-order valence-corrected chi connectivity index (χ1v) is 12.9. The Morgan fingerprint density at radius 2 is 2.00 bits per heavy atom. The van der Waals surface area contributed by atoms with Gasteiger partial charge in [0.2, 0.25) is 5.95 Å². The van der Waals surface area contributed by atoms with Crippen molar-refractivity contribution >= 4 is 17.5 Å². The number of anilines is 2. The van der Waals surface area contributed by atoms with Crippen LogP contribution in [0.15, 0.2) is 41.3 Å². The van der Waals surface area contributed by atoms with Crippen LogP contribution in [0.2, 0.25) is 0 Å². The lowest BCUT2D eigenvalue weighted by atomic mass is 9.96. The van der Waals surface area contributed by atoms with Gasteiger partial charge in [-0.25, -0.2) is 14.4 Å². The smallest absolute Gasteiger partial charge is 0.315 e. The van der Waals surface area contributed by atoms with E-state index in [0.717, 1.165) is 48.9 Å². The number of halogens is 1. The largest absolute Gasteiger partial charge is 0.344 e. The fourth-order valence-corrected chi connectivity index (χ4v) is 4.35. The molecule has 0 radical (unpaired) electrons. The highest BCUT2D eigenvalue weighted by molar-refractivity contribution is 5.89. The summed E-state index contributed by atoms with van der Waals surface area (Å²) in [6.45, 7) is 9.90. The lowest BCUT2D eigenvalue weighted by Crippen LogP contribution is -2.29. The normalized spacial score (nSPS) is 14.4. The van der Waals surface area contributed by atoms with Gasteiger partial charge in [0, 0.05) is 23.7 Å². The maximum absolute atomic E-state index is 14.7. The summed E-state index contributed by atoms with van der Waals surface area (Å²) in [5.41, 5.74) is 2.92. The zero-order valence-corrected chi connectivity index (χ0v) is 22.5. The number of benzene rings is 1. The van der Waals surface area contributed by atoms with E-state index in [1.807, 2.05) is 50.7 Å². The predicted molar refractivity (Wildman–Crippen MR) is 143 cm³/mol. The van der Waals surface area contributed by atoms with Gasteiger partial charge in [-0.2, -0.15) is 10.1 Å². The third-order valence-electron chi connectivity index (χ3n) is 6.63. The fourth-order valence-electron chi connectivity index (χ4n) is 4.35. The minimum Gasteiger partial charge on any atom is -0.344 e. The van der Waals surface area contributed by atoms with Crippen LogP contribution in [0.25, 0.3) is 11.3 Å². The zero-order valence-electron chi connectivity index (χ0n) is 22.5. The van der Waals surface area contributed by atoms with Crippen molar-refractivity contribution in [1.82, 2.24) is 40.5 Å². The van der Waals surface area contributed by atoms with E-state index in [9.17, 15) is 9.18 Å². The number of carbonyl (C=O) groups is 1. The van der Waals surface area contributed by atoms with Crippen molar-refractivity contribution in [3.63, 3.8) is 0 Å². The topological polar surface area (TPSA) is 136 Å². The Morgan fingerprint density at radius 1 is 1.21 bits per heavy atom. The summed E-state index contributed by atoms with van der Waals surface area (Å²) in [6.07, 6.45) is 6.84. The van der Waals surface area contributed by atoms with Gasteiger partial charge in [-0.1, -0.05) is 38.1 Å². The number of aromatic nitrogens is 6. The number of amides is 1. The van der Waals surface area contributed by atoms with E-state index in [1.54, 1.807) is 12.3 Å². The Hall–Kier alpha value is -4.19. The van der Waals surface area contributed by atoms with Crippen molar-refractivity contribution in [2.45, 2.75) is 58.5 Å². The lowest BCUT2D eigenvalue weighted by Gasteiger charge is -2.22. The number of rotatable bonds is 7. The molecular weight excluding hydrogens is 501 g/mol. The molecule has 1 amide bonds. The number of piperidine rings is 1. The monoisotopic (exact) mass is 533 g/mol. The molecule has 1 aliphatic rings. The molecule has 0 atom stereocenters. The van der Waals surface area contributed by atoms with Crippen molar-refractivity contribution in [2.24, 2.45) is 0 Å². The quantitative estimate of drug-likeness (QED) is 0.321. The van der Waals surface area contributed by atoms with E-state index in [-0.39, 0.29) is 29.5 Å². The number of nitrogens with one attached hydrogen (secondary N) is 3. The second-order valence-electron chi connectivity index (χ2n) is 10.7. The van der Waals surface area contributed by atoms with E-state index in [1.165, 1.54) is 0 Å². The predicted octanol–water partition coefficient (Wildman–Crippen LogP) is 4.07. The molecule has 1 aromatic carbocycles. The number of aryl methyl sites for hydroxylation is 1. The minimum absolute atomic E-state index is 0.0847. The Morgan fingerprint density at radius 3 is 2.72 bits per heavy atom. The number of hydrogen-bond donors (Lipinski definition) is 3. The van der Waals surface area contributed by atoms with Crippen molar-refractivity contribution in [3.05, 3.63) is 65.4 Å². The van der Waals surface area contributed by atoms with Gasteiger partial charge in [-0.15, -0.1) is 0 Å². The van der Waals surface area contributed by atoms with Gasteiger partial charge < -0.3 is 20.5 Å². The van der Waals surface area contributed by atoms with E-state index in [2.05, 4.69) is 41.2 Å². The van der Waals surface area contributed by atoms with Gasteiger partial charge in [0.05, 0.1) is 24.1 Å². The van der Waals surface area contributed by atoms with E-state index >= 15 is 0 Å². The van der Waals surface area contributed by atoms with E-state index in [4.69, 9.17) is 4.52 Å². The van der Waals surface area contributed by atoms with Crippen molar-refractivity contribution in [2.75, 3.05) is 18.4 Å². The van der Waals surface area contributed by atoms with Crippen molar-refractivity contribution < 1.29 is 13.7 Å². The fraction of sp³-hybridized carbons (Fsp3) is 0.407. The Bertz CT molecular complexity index is 1470. The highest BCUT2D eigenvalue weighted by Crippen LogP contribution is 2.26. The second kappa shape index (κ2) is 10.9. The molecule has 0 saturated carbocycles. The number of hydrogen-bond acceptors (Lipinski definition) is 9. The van der Waals surface area contributed by atoms with Gasteiger partial charge in [-0.3, -0.25) is 9.48 Å². The molecule has 204 valence electrons. The van der Waals surface area contributed by atoms with Gasteiger partial charge in [0.25, 0.3) is 0 Å². The number of nitrogens with zero attached hydrogens (tertiary/aromatic N) is 6. The second-order valence-corrected chi connectivity index (χ2v) is 10.7. The summed E-state index contributed by atoms with van der Waals surface area (Å²) in [4.78, 5) is 25.2. The van der Waals surface area contributed by atoms with Crippen LogP contribution in [0.5, 0.6) is 0 Å². The lowest BCUT2D eigenvalue weighted by molar-refractivity contribution is 0.0907. The molecule has 1 fully saturated rings. The van der Waals surface area contributed by atoms with Crippen LogP contribution in [0, 0.1) is 12.7 Å². The zero-order chi connectivity index (χ0) is 27.6. The van der Waals surface area contributed by atoms with Gasteiger partial charge in [0.1, 0.15) is 5.69 Å². The molecule has 3 N–H and O–H groups in total. The Kier molecular flexibility index (Phi) is 7.38. The molecule has 3 aromatic heterocycles. The third-order valence-corrected chi connectivity index (χ3v) is 6.63. The molecular formula is C27H32FN9O2. The molecule has 4 aromatic rings. The van der Waals surface area contributed by atoms with Crippen LogP contribution in [-0.2, 0) is 12.0 Å². The van der Waals surface area contributed by atoms with Crippen LogP contribution >= 0.6 is 0 Å². The molecule has 0 bridgehead atoms. The summed E-state index contributed by atoms with van der Waals surface area (Å²) in [5.74, 6) is -0.331. The molecule has 12 heteroatoms. The first-order valence-electron chi connectivity index (χ1n) is 12.9. The average molecular weight is 534 g/mol. The van der Waals surface area contributed by atoms with Gasteiger partial charge in [0.15, 0.2) is 11.6 Å². The molecule has 0 unspecified atom stereocenters. The van der Waals surface area contributed by atoms with Gasteiger partial charge in [-0.05, 0) is 50.0 Å².